The SMILES string of the molecule is CCC(CO)Nc1nc(COC)nc(Cl)c1[N+](=O)[O-]. The Hall–Kier alpha value is -1.51. The van der Waals surface area contributed by atoms with Crippen LogP contribution in [0.5, 0.6) is 0 Å². The zero-order chi connectivity index (χ0) is 14.4. The van der Waals surface area contributed by atoms with Gasteiger partial charge >= 0.3 is 5.69 Å². The van der Waals surface area contributed by atoms with Gasteiger partial charge in [-0.25, -0.2) is 9.97 Å². The van der Waals surface area contributed by atoms with Gasteiger partial charge < -0.3 is 15.2 Å². The van der Waals surface area contributed by atoms with E-state index in [-0.39, 0.29) is 36.1 Å². The molecule has 0 aliphatic heterocycles. The van der Waals surface area contributed by atoms with E-state index < -0.39 is 10.6 Å². The third-order valence-electron chi connectivity index (χ3n) is 2.40. The predicted molar refractivity (Wildman–Crippen MR) is 69.2 cm³/mol. The molecule has 0 aromatic carbocycles. The fourth-order valence-corrected chi connectivity index (χ4v) is 1.65. The molecule has 1 rings (SSSR count). The summed E-state index contributed by atoms with van der Waals surface area (Å²) in [5.74, 6) is 0.214. The molecule has 19 heavy (non-hydrogen) atoms. The van der Waals surface area contributed by atoms with Crippen molar-refractivity contribution in [2.45, 2.75) is 26.0 Å². The van der Waals surface area contributed by atoms with Gasteiger partial charge in [-0.3, -0.25) is 10.1 Å². The number of nitro groups is 1. The van der Waals surface area contributed by atoms with Crippen LogP contribution in [0, 0.1) is 10.1 Å². The van der Waals surface area contributed by atoms with E-state index in [2.05, 4.69) is 15.3 Å². The number of nitrogens with zero attached hydrogens (tertiary/aromatic N) is 3. The van der Waals surface area contributed by atoms with Gasteiger partial charge in [-0.2, -0.15) is 0 Å². The van der Waals surface area contributed by atoms with Gasteiger partial charge in [0, 0.05) is 7.11 Å². The first kappa shape index (κ1) is 15.5. The van der Waals surface area contributed by atoms with Crippen LogP contribution in [-0.2, 0) is 11.3 Å². The highest BCUT2D eigenvalue weighted by Gasteiger charge is 2.25. The molecule has 0 amide bonds. The maximum atomic E-state index is 11.0. The van der Waals surface area contributed by atoms with E-state index in [9.17, 15) is 10.1 Å². The van der Waals surface area contributed by atoms with Crippen LogP contribution in [0.15, 0.2) is 0 Å². The van der Waals surface area contributed by atoms with Crippen LogP contribution in [0.25, 0.3) is 0 Å². The fourth-order valence-electron chi connectivity index (χ4n) is 1.40. The normalized spacial score (nSPS) is 12.2. The summed E-state index contributed by atoms with van der Waals surface area (Å²) in [6.07, 6.45) is 0.578. The summed E-state index contributed by atoms with van der Waals surface area (Å²) in [7, 11) is 1.45. The van der Waals surface area contributed by atoms with Gasteiger partial charge in [0.05, 0.1) is 17.6 Å². The van der Waals surface area contributed by atoms with Crippen molar-refractivity contribution in [3.63, 3.8) is 0 Å². The topological polar surface area (TPSA) is 110 Å². The van der Waals surface area contributed by atoms with Crippen molar-refractivity contribution in [2.75, 3.05) is 19.0 Å². The van der Waals surface area contributed by atoms with E-state index in [1.165, 1.54) is 7.11 Å². The Morgan fingerprint density at radius 3 is 2.74 bits per heavy atom. The Labute approximate surface area is 114 Å². The smallest absolute Gasteiger partial charge is 0.348 e. The van der Waals surface area contributed by atoms with Gasteiger partial charge in [0.15, 0.2) is 5.82 Å². The van der Waals surface area contributed by atoms with Gasteiger partial charge in [-0.1, -0.05) is 18.5 Å². The predicted octanol–water partition coefficient (Wildman–Crippen LogP) is 1.37. The molecule has 0 radical (unpaired) electrons. The first-order valence-electron chi connectivity index (χ1n) is 5.60. The van der Waals surface area contributed by atoms with E-state index >= 15 is 0 Å². The molecular formula is C10H15ClN4O4. The zero-order valence-corrected chi connectivity index (χ0v) is 11.3. The number of anilines is 1. The van der Waals surface area contributed by atoms with Crippen LogP contribution in [0.3, 0.4) is 0 Å². The first-order chi connectivity index (χ1) is 9.03. The van der Waals surface area contributed by atoms with Crippen LogP contribution in [0.2, 0.25) is 5.15 Å². The molecule has 9 heteroatoms. The lowest BCUT2D eigenvalue weighted by Crippen LogP contribution is -2.24. The molecule has 0 aliphatic carbocycles. The van der Waals surface area contributed by atoms with E-state index in [0.29, 0.717) is 6.42 Å². The van der Waals surface area contributed by atoms with Gasteiger partial charge in [0.2, 0.25) is 11.0 Å². The van der Waals surface area contributed by atoms with Gasteiger partial charge in [-0.15, -0.1) is 0 Å². The van der Waals surface area contributed by atoms with E-state index in [1.807, 2.05) is 6.92 Å². The van der Waals surface area contributed by atoms with Gasteiger partial charge in [-0.05, 0) is 6.42 Å². The van der Waals surface area contributed by atoms with Crippen LogP contribution in [0.4, 0.5) is 11.5 Å². The van der Waals surface area contributed by atoms with E-state index in [0.717, 1.165) is 0 Å². The van der Waals surface area contributed by atoms with Crippen LogP contribution in [0.1, 0.15) is 19.2 Å². The number of rotatable bonds is 7. The third kappa shape index (κ3) is 3.98. The minimum absolute atomic E-state index is 0.0158. The van der Waals surface area contributed by atoms with Gasteiger partial charge in [0.25, 0.3) is 0 Å². The molecule has 1 aromatic heterocycles. The van der Waals surface area contributed by atoms with E-state index in [1.54, 1.807) is 0 Å². The second kappa shape index (κ2) is 7.17. The molecule has 0 bridgehead atoms. The average Bonchev–Trinajstić information content (AvgIpc) is 2.35. The summed E-state index contributed by atoms with van der Waals surface area (Å²) in [6, 6.07) is -0.347. The number of hydrogen-bond donors (Lipinski definition) is 2. The van der Waals surface area contributed by atoms with Crippen molar-refractivity contribution < 1.29 is 14.8 Å². The standard InChI is InChI=1S/C10H15ClN4O4/c1-3-6(4-16)12-10-8(15(17)18)9(11)13-7(14-10)5-19-2/h6,16H,3-5H2,1-2H3,(H,12,13,14). The highest BCUT2D eigenvalue weighted by atomic mass is 35.5. The van der Waals surface area contributed by atoms with Gasteiger partial charge in [0.1, 0.15) is 6.61 Å². The molecule has 0 aliphatic rings. The molecule has 1 aromatic rings. The van der Waals surface area contributed by atoms with E-state index in [4.69, 9.17) is 21.4 Å². The molecular weight excluding hydrogens is 276 g/mol. The molecule has 1 unspecified atom stereocenters. The Balaban J connectivity index is 3.19. The Morgan fingerprint density at radius 1 is 1.58 bits per heavy atom. The molecule has 0 saturated carbocycles. The van der Waals surface area contributed by atoms with Crippen molar-refractivity contribution >= 4 is 23.1 Å². The fraction of sp³-hybridized carbons (Fsp3) is 0.600. The number of aromatic nitrogens is 2. The summed E-state index contributed by atoms with van der Waals surface area (Å²) >= 11 is 5.78. The minimum Gasteiger partial charge on any atom is -0.394 e. The quantitative estimate of drug-likeness (QED) is 0.443. The molecule has 1 atom stereocenters. The number of halogens is 1. The van der Waals surface area contributed by atoms with Crippen molar-refractivity contribution in [1.29, 1.82) is 0 Å². The lowest BCUT2D eigenvalue weighted by Gasteiger charge is -2.15. The third-order valence-corrected chi connectivity index (χ3v) is 2.66. The number of aliphatic hydroxyl groups excluding tert-OH is 1. The molecule has 0 fully saturated rings. The average molecular weight is 291 g/mol. The lowest BCUT2D eigenvalue weighted by atomic mass is 10.2. The molecule has 1 heterocycles. The Kier molecular flexibility index (Phi) is 5.87. The van der Waals surface area contributed by atoms with Crippen molar-refractivity contribution in [1.82, 2.24) is 9.97 Å². The first-order valence-corrected chi connectivity index (χ1v) is 5.98. The lowest BCUT2D eigenvalue weighted by molar-refractivity contribution is -0.384. The number of ether oxygens (including phenoxy) is 1. The molecule has 106 valence electrons. The molecule has 2 N–H and O–H groups in total. The largest absolute Gasteiger partial charge is 0.394 e. The van der Waals surface area contributed by atoms with Crippen molar-refractivity contribution in [3.05, 3.63) is 21.1 Å². The monoisotopic (exact) mass is 290 g/mol. The Morgan fingerprint density at radius 2 is 2.26 bits per heavy atom. The maximum Gasteiger partial charge on any atom is 0.348 e. The highest BCUT2D eigenvalue weighted by Crippen LogP contribution is 2.30. The second-order valence-corrected chi connectivity index (χ2v) is 4.11. The second-order valence-electron chi connectivity index (χ2n) is 3.75. The summed E-state index contributed by atoms with van der Waals surface area (Å²) in [6.45, 7) is 1.75. The maximum absolute atomic E-state index is 11.0. The van der Waals surface area contributed by atoms with Crippen molar-refractivity contribution in [2.24, 2.45) is 0 Å². The van der Waals surface area contributed by atoms with Crippen LogP contribution in [-0.4, -0.2) is 39.8 Å². The summed E-state index contributed by atoms with van der Waals surface area (Å²) < 4.78 is 4.87. The number of nitrogens with one attached hydrogen (secondary N) is 1. The number of aliphatic hydroxyl groups is 1. The Bertz CT molecular complexity index is 453. The van der Waals surface area contributed by atoms with Crippen molar-refractivity contribution in [3.8, 4) is 0 Å². The summed E-state index contributed by atoms with van der Waals surface area (Å²) in [4.78, 5) is 18.1. The minimum atomic E-state index is -0.661. The van der Waals surface area contributed by atoms with Crippen LogP contribution < -0.4 is 5.32 Å². The van der Waals surface area contributed by atoms with Crippen LogP contribution >= 0.6 is 11.6 Å². The summed E-state index contributed by atoms with van der Waals surface area (Å²) in [5, 5.41) is 22.6. The highest BCUT2D eigenvalue weighted by molar-refractivity contribution is 6.31. The number of hydrogen-bond acceptors (Lipinski definition) is 7. The number of methoxy groups -OCH3 is 1. The molecule has 0 spiro atoms. The molecule has 8 nitrogen and oxygen atoms in total. The molecule has 0 saturated heterocycles. The zero-order valence-electron chi connectivity index (χ0n) is 10.6. The summed E-state index contributed by atoms with van der Waals surface area (Å²) in [5.41, 5.74) is -0.409.